The normalized spacial score (nSPS) is 15.7. The van der Waals surface area contributed by atoms with E-state index in [0.717, 1.165) is 49.5 Å². The van der Waals surface area contributed by atoms with Gasteiger partial charge in [0.15, 0.2) is 0 Å². The van der Waals surface area contributed by atoms with E-state index in [1.807, 2.05) is 19.2 Å². The van der Waals surface area contributed by atoms with Crippen LogP contribution in [0.5, 0.6) is 0 Å². The summed E-state index contributed by atoms with van der Waals surface area (Å²) >= 11 is 1.68. The molecule has 1 N–H and O–H groups in total. The van der Waals surface area contributed by atoms with Crippen LogP contribution in [-0.2, 0) is 24.2 Å². The highest BCUT2D eigenvalue weighted by atomic mass is 32.1. The van der Waals surface area contributed by atoms with Crippen LogP contribution in [0.25, 0.3) is 0 Å². The van der Waals surface area contributed by atoms with Crippen molar-refractivity contribution in [1.29, 1.82) is 0 Å². The van der Waals surface area contributed by atoms with Gasteiger partial charge in [0.1, 0.15) is 5.76 Å². The van der Waals surface area contributed by atoms with E-state index >= 15 is 0 Å². The van der Waals surface area contributed by atoms with E-state index in [0.29, 0.717) is 6.61 Å². The van der Waals surface area contributed by atoms with Crippen LogP contribution in [0.2, 0.25) is 0 Å². The van der Waals surface area contributed by atoms with E-state index in [4.69, 9.17) is 9.26 Å². The second kappa shape index (κ2) is 8.33. The number of methoxy groups -OCH3 is 1. The Hall–Kier alpha value is -1.70. The number of carbonyl (C=O) groups is 1. The average molecular weight is 378 g/mol. The van der Waals surface area contributed by atoms with Gasteiger partial charge in [-0.2, -0.15) is 0 Å². The minimum absolute atomic E-state index is 0.0190. The number of nitrogens with one attached hydrogen (secondary N) is 1. The lowest BCUT2D eigenvalue weighted by molar-refractivity contribution is 0.0893. The number of aromatic nitrogens is 1. The molecule has 1 atom stereocenters. The second-order valence-electron chi connectivity index (χ2n) is 6.85. The number of ether oxygens (including phenoxy) is 1. The first-order valence-corrected chi connectivity index (χ1v) is 9.94. The summed E-state index contributed by atoms with van der Waals surface area (Å²) in [7, 11) is 1.66. The number of aryl methyl sites for hydroxylation is 2. The summed E-state index contributed by atoms with van der Waals surface area (Å²) in [5.41, 5.74) is 4.17. The maximum absolute atomic E-state index is 12.7. The van der Waals surface area contributed by atoms with Crippen molar-refractivity contribution in [2.24, 2.45) is 0 Å². The molecule has 3 rings (SSSR count). The molecule has 1 aliphatic rings. The highest BCUT2D eigenvalue weighted by Crippen LogP contribution is 2.30. The molecule has 0 aromatic carbocycles. The molecule has 1 amide bonds. The van der Waals surface area contributed by atoms with E-state index in [-0.39, 0.29) is 11.9 Å². The fraction of sp³-hybridized carbons (Fsp3) is 0.579. The van der Waals surface area contributed by atoms with Crippen molar-refractivity contribution in [1.82, 2.24) is 15.4 Å². The lowest BCUT2D eigenvalue weighted by Crippen LogP contribution is -2.38. The quantitative estimate of drug-likeness (QED) is 0.803. The Morgan fingerprint density at radius 2 is 2.31 bits per heavy atom. The Balaban J connectivity index is 1.67. The Morgan fingerprint density at radius 3 is 2.96 bits per heavy atom. The molecule has 2 aromatic rings. The van der Waals surface area contributed by atoms with E-state index in [2.05, 4.69) is 22.3 Å². The smallest absolute Gasteiger partial charge is 0.252 e. The minimum atomic E-state index is 0.0190. The van der Waals surface area contributed by atoms with Gasteiger partial charge in [-0.15, -0.1) is 11.3 Å². The molecule has 7 heteroatoms. The molecule has 0 fully saturated rings. The third-order valence-electron chi connectivity index (χ3n) is 5.03. The van der Waals surface area contributed by atoms with Crippen LogP contribution < -0.4 is 5.32 Å². The summed E-state index contributed by atoms with van der Waals surface area (Å²) in [5.74, 6) is 0.911. The number of hydrogen-bond donors (Lipinski definition) is 1. The fourth-order valence-electron chi connectivity index (χ4n) is 3.38. The van der Waals surface area contributed by atoms with E-state index < -0.39 is 0 Å². The van der Waals surface area contributed by atoms with E-state index in [1.165, 1.54) is 16.0 Å². The summed E-state index contributed by atoms with van der Waals surface area (Å²) in [6, 6.07) is 0.0580. The van der Waals surface area contributed by atoms with Gasteiger partial charge in [0.2, 0.25) is 0 Å². The summed E-state index contributed by atoms with van der Waals surface area (Å²) in [6.07, 6.45) is 1.75. The van der Waals surface area contributed by atoms with Crippen molar-refractivity contribution in [2.45, 2.75) is 52.7 Å². The summed E-state index contributed by atoms with van der Waals surface area (Å²) < 4.78 is 10.4. The van der Waals surface area contributed by atoms with Crippen molar-refractivity contribution in [3.8, 4) is 0 Å². The first-order valence-electron chi connectivity index (χ1n) is 9.06. The molecule has 3 heterocycles. The van der Waals surface area contributed by atoms with Gasteiger partial charge >= 0.3 is 0 Å². The third kappa shape index (κ3) is 4.00. The molecule has 0 saturated heterocycles. The average Bonchev–Trinajstić information content (AvgIpc) is 3.19. The number of fused-ring (bicyclic) bond motifs is 1. The van der Waals surface area contributed by atoms with Gasteiger partial charge in [-0.05, 0) is 32.3 Å². The molecule has 0 bridgehead atoms. The second-order valence-corrected chi connectivity index (χ2v) is 7.81. The minimum Gasteiger partial charge on any atom is -0.383 e. The maximum Gasteiger partial charge on any atom is 0.252 e. The van der Waals surface area contributed by atoms with Gasteiger partial charge in [-0.1, -0.05) is 12.1 Å². The zero-order valence-corrected chi connectivity index (χ0v) is 16.7. The highest BCUT2D eigenvalue weighted by molar-refractivity contribution is 7.10. The van der Waals surface area contributed by atoms with Gasteiger partial charge in [0.25, 0.3) is 5.91 Å². The molecule has 26 heavy (non-hydrogen) atoms. The van der Waals surface area contributed by atoms with Crippen LogP contribution >= 0.6 is 11.3 Å². The number of hydrogen-bond acceptors (Lipinski definition) is 6. The molecule has 0 aliphatic carbocycles. The van der Waals surface area contributed by atoms with E-state index in [1.54, 1.807) is 18.4 Å². The van der Waals surface area contributed by atoms with Crippen molar-refractivity contribution in [2.75, 3.05) is 20.3 Å². The predicted octanol–water partition coefficient (Wildman–Crippen LogP) is 3.07. The van der Waals surface area contributed by atoms with Crippen molar-refractivity contribution < 1.29 is 14.1 Å². The number of rotatable bonds is 7. The van der Waals surface area contributed by atoms with Gasteiger partial charge in [-0.25, -0.2) is 0 Å². The first kappa shape index (κ1) is 19.1. The summed E-state index contributed by atoms with van der Waals surface area (Å²) in [4.78, 5) is 16.3. The summed E-state index contributed by atoms with van der Waals surface area (Å²) in [5, 5.41) is 9.13. The molecule has 0 unspecified atom stereocenters. The largest absolute Gasteiger partial charge is 0.383 e. The molecule has 0 saturated carbocycles. The monoisotopic (exact) mass is 377 g/mol. The summed E-state index contributed by atoms with van der Waals surface area (Å²) in [6.45, 7) is 9.18. The third-order valence-corrected chi connectivity index (χ3v) is 6.04. The van der Waals surface area contributed by atoms with Crippen molar-refractivity contribution >= 4 is 17.2 Å². The lowest BCUT2D eigenvalue weighted by atomic mass is 10.0. The standard InChI is InChI=1S/C19H27N3O3S/c1-5-14(10-24-4)20-19(23)17-11-26-18-9-22(7-6-15(17)18)8-16-12(2)21-25-13(16)3/h11,14H,5-10H2,1-4H3,(H,20,23)/t14-/m1/s1. The topological polar surface area (TPSA) is 67.6 Å². The lowest BCUT2D eigenvalue weighted by Gasteiger charge is -2.27. The molecule has 0 spiro atoms. The van der Waals surface area contributed by atoms with Gasteiger partial charge in [0, 0.05) is 42.6 Å². The first-order chi connectivity index (χ1) is 12.5. The highest BCUT2D eigenvalue weighted by Gasteiger charge is 2.25. The van der Waals surface area contributed by atoms with Crippen LogP contribution in [0.15, 0.2) is 9.90 Å². The van der Waals surface area contributed by atoms with Crippen LogP contribution in [-0.4, -0.2) is 42.3 Å². The Bertz CT molecular complexity index is 749. The zero-order chi connectivity index (χ0) is 18.7. The van der Waals surface area contributed by atoms with Crippen LogP contribution in [0.3, 0.4) is 0 Å². The molecule has 0 radical (unpaired) electrons. The fourth-order valence-corrected chi connectivity index (χ4v) is 4.50. The Morgan fingerprint density at radius 1 is 1.50 bits per heavy atom. The number of amides is 1. The number of thiophene rings is 1. The predicted molar refractivity (Wildman–Crippen MR) is 102 cm³/mol. The number of nitrogens with zero attached hydrogens (tertiary/aromatic N) is 2. The SMILES string of the molecule is CC[C@H](COC)NC(=O)c1csc2c1CCN(Cc1c(C)noc1C)C2. The molecular formula is C19H27N3O3S. The van der Waals surface area contributed by atoms with E-state index in [9.17, 15) is 4.79 Å². The van der Waals surface area contributed by atoms with Crippen LogP contribution in [0, 0.1) is 13.8 Å². The van der Waals surface area contributed by atoms with Crippen molar-refractivity contribution in [3.05, 3.63) is 38.4 Å². The molecular weight excluding hydrogens is 350 g/mol. The molecule has 2 aromatic heterocycles. The van der Waals surface area contributed by atoms with Gasteiger partial charge < -0.3 is 14.6 Å². The van der Waals surface area contributed by atoms with Gasteiger partial charge in [0.05, 0.1) is 23.9 Å². The van der Waals surface area contributed by atoms with Gasteiger partial charge in [-0.3, -0.25) is 9.69 Å². The maximum atomic E-state index is 12.7. The zero-order valence-electron chi connectivity index (χ0n) is 15.9. The molecule has 142 valence electrons. The van der Waals surface area contributed by atoms with Crippen LogP contribution in [0.1, 0.15) is 51.2 Å². The Labute approximate surface area is 158 Å². The van der Waals surface area contributed by atoms with Crippen LogP contribution in [0.4, 0.5) is 0 Å². The number of carbonyl (C=O) groups excluding carboxylic acids is 1. The van der Waals surface area contributed by atoms with Crippen molar-refractivity contribution in [3.63, 3.8) is 0 Å². The molecule has 1 aliphatic heterocycles. The Kier molecular flexibility index (Phi) is 6.11. The molecule has 6 nitrogen and oxygen atoms in total.